The van der Waals surface area contributed by atoms with Gasteiger partial charge in [-0.3, -0.25) is 4.79 Å². The predicted octanol–water partition coefficient (Wildman–Crippen LogP) is 0.796. The topological polar surface area (TPSA) is 73.8 Å². The molecule has 9 heteroatoms. The molecule has 0 aromatic carbocycles. The number of aromatic nitrogens is 1. The van der Waals surface area contributed by atoms with Gasteiger partial charge < -0.3 is 4.90 Å². The van der Waals surface area contributed by atoms with E-state index in [2.05, 4.69) is 4.98 Å². The fraction of sp³-hybridized carbons (Fsp3) is 0.692. The standard InChI is InChI=1S/C13H22N4O3S2/c1-4-16(5-2)22(19,20)17-8-6-15(7-9-17)13(18)12-10-14-11(3)21-12/h10H,4-9H2,1-3H3. The van der Waals surface area contributed by atoms with Crippen molar-refractivity contribution in [1.82, 2.24) is 18.5 Å². The molecule has 0 unspecified atom stereocenters. The van der Waals surface area contributed by atoms with Crippen LogP contribution in [0.4, 0.5) is 0 Å². The minimum Gasteiger partial charge on any atom is -0.335 e. The zero-order valence-corrected chi connectivity index (χ0v) is 14.8. The number of piperazine rings is 1. The van der Waals surface area contributed by atoms with Crippen molar-refractivity contribution in [2.75, 3.05) is 39.3 Å². The Balaban J connectivity index is 2.00. The van der Waals surface area contributed by atoms with Crippen LogP contribution in [-0.4, -0.2) is 72.1 Å². The maximum atomic E-state index is 12.4. The minimum absolute atomic E-state index is 0.0644. The van der Waals surface area contributed by atoms with Gasteiger partial charge in [0, 0.05) is 39.3 Å². The molecule has 0 radical (unpaired) electrons. The van der Waals surface area contributed by atoms with Crippen molar-refractivity contribution in [3.63, 3.8) is 0 Å². The highest BCUT2D eigenvalue weighted by Crippen LogP contribution is 2.17. The Morgan fingerprint density at radius 3 is 2.32 bits per heavy atom. The number of thiazole rings is 1. The minimum atomic E-state index is -3.41. The molecule has 7 nitrogen and oxygen atoms in total. The molecule has 1 aliphatic heterocycles. The van der Waals surface area contributed by atoms with Crippen molar-refractivity contribution in [1.29, 1.82) is 0 Å². The summed E-state index contributed by atoms with van der Waals surface area (Å²) in [7, 11) is -3.41. The summed E-state index contributed by atoms with van der Waals surface area (Å²) < 4.78 is 27.8. The maximum Gasteiger partial charge on any atom is 0.282 e. The number of hydrogen-bond donors (Lipinski definition) is 0. The molecule has 0 saturated carbocycles. The van der Waals surface area contributed by atoms with Gasteiger partial charge in [-0.1, -0.05) is 13.8 Å². The third-order valence-electron chi connectivity index (χ3n) is 3.72. The third kappa shape index (κ3) is 3.48. The van der Waals surface area contributed by atoms with Crippen LogP contribution in [0.25, 0.3) is 0 Å². The molecule has 1 aliphatic rings. The second-order valence-electron chi connectivity index (χ2n) is 5.03. The Morgan fingerprint density at radius 2 is 1.86 bits per heavy atom. The van der Waals surface area contributed by atoms with Crippen LogP contribution in [0, 0.1) is 6.92 Å². The van der Waals surface area contributed by atoms with Crippen molar-refractivity contribution in [3.05, 3.63) is 16.1 Å². The number of amides is 1. The fourth-order valence-electron chi connectivity index (χ4n) is 2.45. The summed E-state index contributed by atoms with van der Waals surface area (Å²) in [5.41, 5.74) is 0. The highest BCUT2D eigenvalue weighted by Gasteiger charge is 2.32. The highest BCUT2D eigenvalue weighted by molar-refractivity contribution is 7.86. The molecule has 0 spiro atoms. The number of nitrogens with zero attached hydrogens (tertiary/aromatic N) is 4. The summed E-state index contributed by atoms with van der Waals surface area (Å²) in [5.74, 6) is -0.0644. The quantitative estimate of drug-likeness (QED) is 0.790. The van der Waals surface area contributed by atoms with Crippen LogP contribution in [0.2, 0.25) is 0 Å². The molecular formula is C13H22N4O3S2. The highest BCUT2D eigenvalue weighted by atomic mass is 32.2. The summed E-state index contributed by atoms with van der Waals surface area (Å²) in [4.78, 5) is 18.7. The van der Waals surface area contributed by atoms with Gasteiger partial charge in [0.25, 0.3) is 16.1 Å². The first-order valence-corrected chi connectivity index (χ1v) is 9.58. The number of rotatable bonds is 5. The summed E-state index contributed by atoms with van der Waals surface area (Å²) in [5, 5.41) is 0.853. The number of aryl methyl sites for hydroxylation is 1. The van der Waals surface area contributed by atoms with E-state index in [9.17, 15) is 13.2 Å². The Morgan fingerprint density at radius 1 is 1.27 bits per heavy atom. The van der Waals surface area contributed by atoms with Crippen LogP contribution < -0.4 is 0 Å². The molecule has 124 valence electrons. The van der Waals surface area contributed by atoms with Gasteiger partial charge >= 0.3 is 0 Å². The lowest BCUT2D eigenvalue weighted by molar-refractivity contribution is 0.0699. The van der Waals surface area contributed by atoms with Crippen LogP contribution in [0.15, 0.2) is 6.20 Å². The molecule has 1 saturated heterocycles. The van der Waals surface area contributed by atoms with Gasteiger partial charge in [-0.15, -0.1) is 11.3 Å². The monoisotopic (exact) mass is 346 g/mol. The maximum absolute atomic E-state index is 12.4. The summed E-state index contributed by atoms with van der Waals surface area (Å²) in [6.07, 6.45) is 1.58. The van der Waals surface area contributed by atoms with Gasteiger partial charge in [0.05, 0.1) is 11.2 Å². The first-order valence-electron chi connectivity index (χ1n) is 7.37. The normalized spacial score (nSPS) is 17.2. The predicted molar refractivity (Wildman–Crippen MR) is 86.2 cm³/mol. The number of carbonyl (C=O) groups excluding carboxylic acids is 1. The first kappa shape index (κ1) is 17.3. The Kier molecular flexibility index (Phi) is 5.54. The lowest BCUT2D eigenvalue weighted by atomic mass is 10.3. The second-order valence-corrected chi connectivity index (χ2v) is 8.19. The van der Waals surface area contributed by atoms with Crippen LogP contribution in [0.5, 0.6) is 0 Å². The SMILES string of the molecule is CCN(CC)S(=O)(=O)N1CCN(C(=O)c2cnc(C)s2)CC1. The third-order valence-corrected chi connectivity index (χ3v) is 6.80. The average Bonchev–Trinajstić information content (AvgIpc) is 2.94. The van der Waals surface area contributed by atoms with Gasteiger partial charge in [-0.25, -0.2) is 4.98 Å². The molecule has 1 fully saturated rings. The molecule has 0 N–H and O–H groups in total. The lowest BCUT2D eigenvalue weighted by Crippen LogP contribution is -2.54. The Bertz CT molecular complexity index is 617. The molecule has 2 rings (SSSR count). The number of carbonyl (C=O) groups is 1. The van der Waals surface area contributed by atoms with Crippen molar-refractivity contribution in [3.8, 4) is 0 Å². The molecule has 22 heavy (non-hydrogen) atoms. The summed E-state index contributed by atoms with van der Waals surface area (Å²) in [6, 6.07) is 0. The van der Waals surface area contributed by atoms with Crippen molar-refractivity contribution >= 4 is 27.5 Å². The Hall–Kier alpha value is -1.03. The molecule has 0 atom stereocenters. The molecular weight excluding hydrogens is 324 g/mol. The van der Waals surface area contributed by atoms with Crippen LogP contribution >= 0.6 is 11.3 Å². The zero-order chi connectivity index (χ0) is 16.3. The van der Waals surface area contributed by atoms with E-state index >= 15 is 0 Å². The van der Waals surface area contributed by atoms with Crippen LogP contribution in [0.3, 0.4) is 0 Å². The van der Waals surface area contributed by atoms with E-state index in [1.54, 1.807) is 11.1 Å². The van der Waals surface area contributed by atoms with E-state index in [0.29, 0.717) is 44.1 Å². The molecule has 0 bridgehead atoms. The largest absolute Gasteiger partial charge is 0.335 e. The van der Waals surface area contributed by atoms with Gasteiger partial charge in [0.2, 0.25) is 0 Å². The summed E-state index contributed by atoms with van der Waals surface area (Å²) >= 11 is 1.37. The molecule has 1 amide bonds. The van der Waals surface area contributed by atoms with Crippen molar-refractivity contribution < 1.29 is 13.2 Å². The van der Waals surface area contributed by atoms with Crippen LogP contribution in [-0.2, 0) is 10.2 Å². The van der Waals surface area contributed by atoms with Crippen molar-refractivity contribution in [2.24, 2.45) is 0 Å². The van der Waals surface area contributed by atoms with Gasteiger partial charge in [0.1, 0.15) is 4.88 Å². The van der Waals surface area contributed by atoms with E-state index in [0.717, 1.165) is 5.01 Å². The van der Waals surface area contributed by atoms with Gasteiger partial charge in [-0.05, 0) is 6.92 Å². The molecule has 2 heterocycles. The second kappa shape index (κ2) is 7.03. The number of hydrogen-bond acceptors (Lipinski definition) is 5. The Labute approximate surface area is 135 Å². The van der Waals surface area contributed by atoms with E-state index in [-0.39, 0.29) is 5.91 Å². The smallest absolute Gasteiger partial charge is 0.282 e. The molecule has 0 aliphatic carbocycles. The first-order chi connectivity index (χ1) is 10.4. The fourth-order valence-corrected chi connectivity index (χ4v) is 4.80. The summed E-state index contributed by atoms with van der Waals surface area (Å²) in [6.45, 7) is 7.92. The van der Waals surface area contributed by atoms with Crippen LogP contribution in [0.1, 0.15) is 28.5 Å². The zero-order valence-electron chi connectivity index (χ0n) is 13.2. The van der Waals surface area contributed by atoms with Gasteiger partial charge in [0.15, 0.2) is 0 Å². The molecule has 1 aromatic heterocycles. The van der Waals surface area contributed by atoms with E-state index < -0.39 is 10.2 Å². The van der Waals surface area contributed by atoms with E-state index in [1.165, 1.54) is 19.9 Å². The lowest BCUT2D eigenvalue weighted by Gasteiger charge is -2.36. The van der Waals surface area contributed by atoms with E-state index in [1.807, 2.05) is 20.8 Å². The van der Waals surface area contributed by atoms with Crippen molar-refractivity contribution in [2.45, 2.75) is 20.8 Å². The van der Waals surface area contributed by atoms with Gasteiger partial charge in [-0.2, -0.15) is 17.0 Å². The average molecular weight is 346 g/mol. The van der Waals surface area contributed by atoms with E-state index in [4.69, 9.17) is 0 Å². The molecule has 1 aromatic rings.